The standard InChI is InChI=1S/C20H25N3O4/c1-3-15-16(4-2)22-23-20(27)18(15)19(26)21-14(10-11-17(24)25)12-13-8-6-5-7-9-13/h5-9,14H,3-4,10-12H2,1-2H3,(H,21,26)(H,23,27)(H,24,25). The molecule has 1 aromatic carbocycles. The van der Waals surface area contributed by atoms with E-state index >= 15 is 0 Å². The third kappa shape index (κ3) is 5.51. The van der Waals surface area contributed by atoms with E-state index in [1.807, 2.05) is 44.2 Å². The van der Waals surface area contributed by atoms with Gasteiger partial charge in [0.2, 0.25) is 0 Å². The Morgan fingerprint density at radius 2 is 1.89 bits per heavy atom. The molecule has 144 valence electrons. The fourth-order valence-electron chi connectivity index (χ4n) is 3.12. The van der Waals surface area contributed by atoms with E-state index in [0.29, 0.717) is 30.5 Å². The van der Waals surface area contributed by atoms with E-state index < -0.39 is 23.5 Å². The lowest BCUT2D eigenvalue weighted by molar-refractivity contribution is -0.137. The normalized spacial score (nSPS) is 11.8. The molecule has 27 heavy (non-hydrogen) atoms. The SMILES string of the molecule is CCc1n[nH]c(=O)c(C(=O)NC(CCC(=O)O)Cc2ccccc2)c1CC. The molecule has 1 amide bonds. The van der Waals surface area contributed by atoms with Crippen LogP contribution in [-0.2, 0) is 24.1 Å². The molecule has 0 fully saturated rings. The first-order chi connectivity index (χ1) is 13.0. The fraction of sp³-hybridized carbons (Fsp3) is 0.400. The topological polar surface area (TPSA) is 112 Å². The minimum Gasteiger partial charge on any atom is -0.481 e. The van der Waals surface area contributed by atoms with Gasteiger partial charge in [0.1, 0.15) is 5.56 Å². The van der Waals surface area contributed by atoms with E-state index in [1.165, 1.54) is 0 Å². The summed E-state index contributed by atoms with van der Waals surface area (Å²) in [6.45, 7) is 3.78. The molecule has 1 aromatic heterocycles. The Morgan fingerprint density at radius 3 is 2.48 bits per heavy atom. The smallest absolute Gasteiger partial charge is 0.303 e. The highest BCUT2D eigenvalue weighted by Crippen LogP contribution is 2.13. The Kier molecular flexibility index (Phi) is 7.28. The van der Waals surface area contributed by atoms with Crippen molar-refractivity contribution in [3.8, 4) is 0 Å². The number of carboxylic acids is 1. The van der Waals surface area contributed by atoms with Crippen molar-refractivity contribution >= 4 is 11.9 Å². The highest BCUT2D eigenvalue weighted by molar-refractivity contribution is 5.95. The van der Waals surface area contributed by atoms with E-state index in [9.17, 15) is 14.4 Å². The number of amides is 1. The first kappa shape index (κ1) is 20.4. The van der Waals surface area contributed by atoms with Crippen molar-refractivity contribution in [2.75, 3.05) is 0 Å². The molecule has 1 unspecified atom stereocenters. The number of aromatic nitrogens is 2. The third-order valence-corrected chi connectivity index (χ3v) is 4.45. The minimum absolute atomic E-state index is 0.0642. The van der Waals surface area contributed by atoms with Crippen molar-refractivity contribution in [2.24, 2.45) is 0 Å². The summed E-state index contributed by atoms with van der Waals surface area (Å²) in [5.74, 6) is -1.41. The van der Waals surface area contributed by atoms with Crippen molar-refractivity contribution in [1.82, 2.24) is 15.5 Å². The van der Waals surface area contributed by atoms with Crippen molar-refractivity contribution in [2.45, 2.75) is 52.0 Å². The van der Waals surface area contributed by atoms with E-state index in [4.69, 9.17) is 5.11 Å². The van der Waals surface area contributed by atoms with Crippen LogP contribution in [0, 0.1) is 0 Å². The highest BCUT2D eigenvalue weighted by atomic mass is 16.4. The van der Waals surface area contributed by atoms with Crippen molar-refractivity contribution in [3.05, 3.63) is 63.1 Å². The molecular formula is C20H25N3O4. The molecule has 0 radical (unpaired) electrons. The number of rotatable bonds is 9. The average Bonchev–Trinajstić information content (AvgIpc) is 2.66. The van der Waals surface area contributed by atoms with Crippen LogP contribution < -0.4 is 10.9 Å². The minimum atomic E-state index is -0.924. The predicted octanol–water partition coefficient (Wildman–Crippen LogP) is 2.10. The number of aliphatic carboxylic acids is 1. The number of carbonyl (C=O) groups is 2. The van der Waals surface area contributed by atoms with Gasteiger partial charge < -0.3 is 10.4 Å². The van der Waals surface area contributed by atoms with Crippen LogP contribution in [0.4, 0.5) is 0 Å². The van der Waals surface area contributed by atoms with Gasteiger partial charge in [-0.05, 0) is 36.8 Å². The second-order valence-corrected chi connectivity index (χ2v) is 6.35. The number of H-pyrrole nitrogens is 1. The largest absolute Gasteiger partial charge is 0.481 e. The lowest BCUT2D eigenvalue weighted by Crippen LogP contribution is -2.40. The van der Waals surface area contributed by atoms with Crippen LogP contribution in [0.5, 0.6) is 0 Å². The van der Waals surface area contributed by atoms with Crippen molar-refractivity contribution in [3.63, 3.8) is 0 Å². The Labute approximate surface area is 157 Å². The van der Waals surface area contributed by atoms with Gasteiger partial charge in [0.15, 0.2) is 0 Å². The first-order valence-electron chi connectivity index (χ1n) is 9.13. The maximum absolute atomic E-state index is 12.9. The maximum atomic E-state index is 12.9. The van der Waals surface area contributed by atoms with Gasteiger partial charge in [0.25, 0.3) is 11.5 Å². The summed E-state index contributed by atoms with van der Waals surface area (Å²) in [7, 11) is 0. The Balaban J connectivity index is 2.27. The lowest BCUT2D eigenvalue weighted by atomic mass is 9.99. The van der Waals surface area contributed by atoms with Crippen LogP contribution in [0.15, 0.2) is 35.1 Å². The second-order valence-electron chi connectivity index (χ2n) is 6.35. The average molecular weight is 371 g/mol. The molecule has 2 rings (SSSR count). The van der Waals surface area contributed by atoms with Gasteiger partial charge in [-0.3, -0.25) is 14.4 Å². The van der Waals surface area contributed by atoms with Gasteiger partial charge in [-0.2, -0.15) is 5.10 Å². The Morgan fingerprint density at radius 1 is 1.19 bits per heavy atom. The zero-order chi connectivity index (χ0) is 19.8. The number of carbonyl (C=O) groups excluding carboxylic acids is 1. The number of nitrogens with one attached hydrogen (secondary N) is 2. The van der Waals surface area contributed by atoms with E-state index in [2.05, 4.69) is 15.5 Å². The fourth-order valence-corrected chi connectivity index (χ4v) is 3.12. The zero-order valence-corrected chi connectivity index (χ0v) is 15.6. The molecule has 2 aromatic rings. The second kappa shape index (κ2) is 9.66. The van der Waals surface area contributed by atoms with Gasteiger partial charge in [-0.25, -0.2) is 5.10 Å². The molecule has 0 aliphatic carbocycles. The summed E-state index contributed by atoms with van der Waals surface area (Å²) < 4.78 is 0. The van der Waals surface area contributed by atoms with E-state index in [1.54, 1.807) is 0 Å². The highest BCUT2D eigenvalue weighted by Gasteiger charge is 2.22. The monoisotopic (exact) mass is 371 g/mol. The molecule has 0 bridgehead atoms. The molecule has 0 saturated heterocycles. The first-order valence-corrected chi connectivity index (χ1v) is 9.13. The molecule has 7 nitrogen and oxygen atoms in total. The summed E-state index contributed by atoms with van der Waals surface area (Å²) in [5.41, 5.74) is 1.85. The molecule has 0 aliphatic heterocycles. The number of aryl methyl sites for hydroxylation is 1. The Bertz CT molecular complexity index is 846. The molecule has 0 aliphatic rings. The summed E-state index contributed by atoms with van der Waals surface area (Å²) in [6.07, 6.45) is 1.82. The quantitative estimate of drug-likeness (QED) is 0.625. The van der Waals surface area contributed by atoms with Crippen LogP contribution in [0.25, 0.3) is 0 Å². The van der Waals surface area contributed by atoms with Gasteiger partial charge in [0, 0.05) is 12.5 Å². The lowest BCUT2D eigenvalue weighted by Gasteiger charge is -2.19. The number of benzene rings is 1. The summed E-state index contributed by atoms with van der Waals surface area (Å²) in [4.78, 5) is 36.1. The van der Waals surface area contributed by atoms with Gasteiger partial charge in [0.05, 0.1) is 5.69 Å². The predicted molar refractivity (Wildman–Crippen MR) is 102 cm³/mol. The Hall–Kier alpha value is -2.96. The molecule has 3 N–H and O–H groups in total. The van der Waals surface area contributed by atoms with Crippen LogP contribution in [0.1, 0.15) is 53.9 Å². The number of hydrogen-bond donors (Lipinski definition) is 3. The van der Waals surface area contributed by atoms with Crippen LogP contribution in [-0.4, -0.2) is 33.2 Å². The van der Waals surface area contributed by atoms with E-state index in [-0.39, 0.29) is 18.4 Å². The maximum Gasteiger partial charge on any atom is 0.303 e. The van der Waals surface area contributed by atoms with Crippen LogP contribution in [0.2, 0.25) is 0 Å². The van der Waals surface area contributed by atoms with Gasteiger partial charge in [-0.1, -0.05) is 44.2 Å². The number of hydrogen-bond acceptors (Lipinski definition) is 4. The number of aromatic amines is 1. The van der Waals surface area contributed by atoms with Crippen LogP contribution in [0.3, 0.4) is 0 Å². The number of carboxylic acid groups (broad SMARTS) is 1. The van der Waals surface area contributed by atoms with Crippen LogP contribution >= 0.6 is 0 Å². The van der Waals surface area contributed by atoms with Crippen molar-refractivity contribution in [1.29, 1.82) is 0 Å². The van der Waals surface area contributed by atoms with Gasteiger partial charge >= 0.3 is 5.97 Å². The van der Waals surface area contributed by atoms with Gasteiger partial charge in [-0.15, -0.1) is 0 Å². The summed E-state index contributed by atoms with van der Waals surface area (Å²) in [5, 5.41) is 18.3. The summed E-state index contributed by atoms with van der Waals surface area (Å²) >= 11 is 0. The molecular weight excluding hydrogens is 346 g/mol. The molecule has 7 heteroatoms. The van der Waals surface area contributed by atoms with E-state index in [0.717, 1.165) is 5.56 Å². The number of nitrogens with zero attached hydrogens (tertiary/aromatic N) is 1. The van der Waals surface area contributed by atoms with Crippen molar-refractivity contribution < 1.29 is 14.7 Å². The summed E-state index contributed by atoms with van der Waals surface area (Å²) in [6, 6.07) is 9.13. The molecule has 0 spiro atoms. The molecule has 1 heterocycles. The third-order valence-electron chi connectivity index (χ3n) is 4.45. The molecule has 0 saturated carbocycles. The molecule has 1 atom stereocenters. The zero-order valence-electron chi connectivity index (χ0n) is 15.6.